The van der Waals surface area contributed by atoms with Crippen LogP contribution in [0.5, 0.6) is 0 Å². The number of amides is 2. The summed E-state index contributed by atoms with van der Waals surface area (Å²) in [7, 11) is -4.05. The maximum Gasteiger partial charge on any atom is 0.373 e. The van der Waals surface area contributed by atoms with Gasteiger partial charge in [-0.2, -0.15) is 8.78 Å². The van der Waals surface area contributed by atoms with Crippen LogP contribution >= 0.6 is 11.8 Å². The first-order valence-corrected chi connectivity index (χ1v) is 10.0. The van der Waals surface area contributed by atoms with Crippen molar-refractivity contribution in [1.29, 1.82) is 0 Å². The molecule has 1 unspecified atom stereocenters. The van der Waals surface area contributed by atoms with Crippen LogP contribution in [-0.2, 0) is 29.0 Å². The highest BCUT2D eigenvalue weighted by atomic mass is 32.2. The molecule has 0 bridgehead atoms. The fourth-order valence-corrected chi connectivity index (χ4v) is 4.68. The number of methoxy groups -OCH3 is 1. The van der Waals surface area contributed by atoms with Crippen LogP contribution in [0.1, 0.15) is 0 Å². The van der Waals surface area contributed by atoms with Gasteiger partial charge in [0.25, 0.3) is 5.91 Å². The molecule has 2 aliphatic rings. The third-order valence-corrected chi connectivity index (χ3v) is 6.82. The second-order valence-electron chi connectivity index (χ2n) is 5.68. The summed E-state index contributed by atoms with van der Waals surface area (Å²) in [5.74, 6) is -5.15. The van der Waals surface area contributed by atoms with Gasteiger partial charge in [-0.1, -0.05) is 0 Å². The Labute approximate surface area is 155 Å². The molecule has 0 aliphatic carbocycles. The average molecular weight is 432 g/mol. The number of aliphatic carboxylic acids is 1. The summed E-state index contributed by atoms with van der Waals surface area (Å²) < 4.78 is 65.8. The summed E-state index contributed by atoms with van der Waals surface area (Å²) in [6.07, 6.45) is 0. The van der Waals surface area contributed by atoms with Crippen molar-refractivity contribution in [2.24, 2.45) is 0 Å². The highest BCUT2D eigenvalue weighted by Gasteiger charge is 2.55. The SMILES string of the molecule is COCC1=C(C(=O)O)N2C(=O)C(NC(=O)CS(=O)(=O)C(F)(F)CF)[C@@H]2SC1. The summed E-state index contributed by atoms with van der Waals surface area (Å²) in [6, 6.07) is -1.28. The van der Waals surface area contributed by atoms with Crippen LogP contribution in [-0.4, -0.2) is 84.8 Å². The number of carboxylic acids is 1. The maximum atomic E-state index is 13.0. The Morgan fingerprint density at radius 2 is 2.07 bits per heavy atom. The van der Waals surface area contributed by atoms with Crippen molar-refractivity contribution in [2.45, 2.75) is 16.7 Å². The van der Waals surface area contributed by atoms with Crippen molar-refractivity contribution < 1.29 is 45.8 Å². The Bertz CT molecular complexity index is 800. The number of nitrogens with zero attached hydrogens (tertiary/aromatic N) is 1. The largest absolute Gasteiger partial charge is 0.477 e. The maximum absolute atomic E-state index is 13.0. The Kier molecular flexibility index (Phi) is 6.11. The van der Waals surface area contributed by atoms with E-state index in [9.17, 15) is 41.1 Å². The van der Waals surface area contributed by atoms with Crippen molar-refractivity contribution in [1.82, 2.24) is 10.2 Å². The van der Waals surface area contributed by atoms with Crippen LogP contribution in [0.4, 0.5) is 13.2 Å². The molecule has 2 atom stereocenters. The van der Waals surface area contributed by atoms with Crippen molar-refractivity contribution >= 4 is 39.4 Å². The second kappa shape index (κ2) is 7.67. The molecule has 14 heteroatoms. The highest BCUT2D eigenvalue weighted by molar-refractivity contribution is 8.00. The molecule has 2 heterocycles. The number of hydrogen-bond donors (Lipinski definition) is 2. The minimum absolute atomic E-state index is 0.0291. The van der Waals surface area contributed by atoms with E-state index in [1.807, 2.05) is 5.32 Å². The van der Waals surface area contributed by atoms with Gasteiger partial charge in [-0.15, -0.1) is 11.8 Å². The molecule has 0 saturated carbocycles. The number of carbonyl (C=O) groups excluding carboxylic acids is 2. The number of sulfone groups is 1. The molecule has 2 rings (SSSR count). The number of fused-ring (bicyclic) bond motifs is 1. The van der Waals surface area contributed by atoms with Crippen LogP contribution in [0, 0.1) is 0 Å². The lowest BCUT2D eigenvalue weighted by molar-refractivity contribution is -0.150. The fraction of sp³-hybridized carbons (Fsp3) is 0.615. The quantitative estimate of drug-likeness (QED) is 0.484. The number of nitrogens with one attached hydrogen (secondary N) is 1. The zero-order valence-electron chi connectivity index (χ0n) is 13.8. The van der Waals surface area contributed by atoms with Gasteiger partial charge in [0.1, 0.15) is 22.9 Å². The third-order valence-electron chi connectivity index (χ3n) is 3.82. The fourth-order valence-electron chi connectivity index (χ4n) is 2.54. The van der Waals surface area contributed by atoms with Crippen LogP contribution in [0.25, 0.3) is 0 Å². The molecule has 9 nitrogen and oxygen atoms in total. The number of alkyl halides is 3. The monoisotopic (exact) mass is 432 g/mol. The third kappa shape index (κ3) is 3.91. The molecular formula is C13H15F3N2O7S2. The molecule has 1 saturated heterocycles. The van der Waals surface area contributed by atoms with E-state index in [2.05, 4.69) is 0 Å². The molecule has 0 aromatic heterocycles. The number of hydrogen-bond acceptors (Lipinski definition) is 7. The normalized spacial score (nSPS) is 23.0. The molecule has 1 fully saturated rings. The predicted molar refractivity (Wildman–Crippen MR) is 86.3 cm³/mol. The van der Waals surface area contributed by atoms with Gasteiger partial charge in [0, 0.05) is 12.9 Å². The molecule has 0 spiro atoms. The van der Waals surface area contributed by atoms with Gasteiger partial charge < -0.3 is 15.2 Å². The van der Waals surface area contributed by atoms with Crippen LogP contribution in [0.15, 0.2) is 11.3 Å². The van der Waals surface area contributed by atoms with Crippen LogP contribution in [0.2, 0.25) is 0 Å². The van der Waals surface area contributed by atoms with Gasteiger partial charge in [-0.05, 0) is 5.57 Å². The number of rotatable bonds is 8. The summed E-state index contributed by atoms with van der Waals surface area (Å²) in [5, 5.41) is 5.75. The van der Waals surface area contributed by atoms with Gasteiger partial charge in [0.2, 0.25) is 15.7 Å². The Balaban J connectivity index is 2.11. The van der Waals surface area contributed by atoms with Gasteiger partial charge in [0.05, 0.1) is 6.61 Å². The minimum Gasteiger partial charge on any atom is -0.477 e. The molecule has 27 heavy (non-hydrogen) atoms. The standard InChI is InChI=1S/C13H15F3N2O7S2/c1-25-2-6-3-26-11-8(10(20)18(11)9(6)12(21)22)17-7(19)4-27(23,24)13(15,16)5-14/h8,11H,2-5H2,1H3,(H,17,19)(H,21,22)/t8?,11-/m0/s1. The number of halogens is 3. The first-order chi connectivity index (χ1) is 12.5. The zero-order chi connectivity index (χ0) is 20.6. The molecular weight excluding hydrogens is 417 g/mol. The lowest BCUT2D eigenvalue weighted by Gasteiger charge is -2.49. The second-order valence-corrected chi connectivity index (χ2v) is 8.90. The van der Waals surface area contributed by atoms with Crippen molar-refractivity contribution in [3.63, 3.8) is 0 Å². The summed E-state index contributed by atoms with van der Waals surface area (Å²) in [4.78, 5) is 36.3. The lowest BCUT2D eigenvalue weighted by atomic mass is 10.0. The molecule has 0 aromatic carbocycles. The number of thioether (sulfide) groups is 1. The zero-order valence-corrected chi connectivity index (χ0v) is 15.4. The Morgan fingerprint density at radius 1 is 1.44 bits per heavy atom. The van der Waals surface area contributed by atoms with E-state index in [-0.39, 0.29) is 18.1 Å². The van der Waals surface area contributed by atoms with Crippen LogP contribution in [0.3, 0.4) is 0 Å². The lowest BCUT2D eigenvalue weighted by Crippen LogP contribution is -2.71. The smallest absolute Gasteiger partial charge is 0.373 e. The van der Waals surface area contributed by atoms with E-state index in [4.69, 9.17) is 4.74 Å². The van der Waals surface area contributed by atoms with Gasteiger partial charge in [0.15, 0.2) is 6.67 Å². The van der Waals surface area contributed by atoms with Gasteiger partial charge in [-0.25, -0.2) is 17.6 Å². The van der Waals surface area contributed by atoms with E-state index < -0.39 is 56.7 Å². The number of carboxylic acid groups (broad SMARTS) is 1. The average Bonchev–Trinajstić information content (AvgIpc) is 2.58. The summed E-state index contributed by atoms with van der Waals surface area (Å²) >= 11 is 1.10. The van der Waals surface area contributed by atoms with E-state index in [1.54, 1.807) is 0 Å². The number of carbonyl (C=O) groups is 3. The summed E-state index contributed by atoms with van der Waals surface area (Å²) in [6.45, 7) is -2.51. The number of β-lactam (4-membered cyclic amide) rings is 1. The minimum atomic E-state index is -5.40. The van der Waals surface area contributed by atoms with Gasteiger partial charge in [-0.3, -0.25) is 14.5 Å². The Morgan fingerprint density at radius 3 is 2.59 bits per heavy atom. The van der Waals surface area contributed by atoms with Crippen molar-refractivity contribution in [3.8, 4) is 0 Å². The van der Waals surface area contributed by atoms with Gasteiger partial charge >= 0.3 is 11.2 Å². The van der Waals surface area contributed by atoms with E-state index >= 15 is 0 Å². The Hall–Kier alpha value is -1.80. The van der Waals surface area contributed by atoms with Crippen molar-refractivity contribution in [3.05, 3.63) is 11.3 Å². The van der Waals surface area contributed by atoms with E-state index in [1.165, 1.54) is 7.11 Å². The van der Waals surface area contributed by atoms with Crippen molar-refractivity contribution in [2.75, 3.05) is 31.9 Å². The molecule has 0 aromatic rings. The molecule has 152 valence electrons. The first kappa shape index (κ1) is 21.5. The predicted octanol–water partition coefficient (Wildman–Crippen LogP) is -0.651. The molecule has 2 amide bonds. The van der Waals surface area contributed by atoms with E-state index in [0.717, 1.165) is 16.7 Å². The van der Waals surface area contributed by atoms with E-state index in [0.29, 0.717) is 5.57 Å². The topological polar surface area (TPSA) is 130 Å². The molecule has 0 radical (unpaired) electrons. The molecule has 2 N–H and O–H groups in total. The van der Waals surface area contributed by atoms with Crippen LogP contribution < -0.4 is 5.32 Å². The first-order valence-electron chi connectivity index (χ1n) is 7.31. The highest BCUT2D eigenvalue weighted by Crippen LogP contribution is 2.40. The number of ether oxygens (including phenoxy) is 1. The molecule has 2 aliphatic heterocycles. The summed E-state index contributed by atoms with van der Waals surface area (Å²) in [5.41, 5.74) is 0.0437.